The van der Waals surface area contributed by atoms with Crippen LogP contribution in [0.2, 0.25) is 0 Å². The van der Waals surface area contributed by atoms with Gasteiger partial charge in [0.2, 0.25) is 0 Å². The highest BCUT2D eigenvalue weighted by molar-refractivity contribution is 5.86. The van der Waals surface area contributed by atoms with Crippen molar-refractivity contribution in [3.05, 3.63) is 157 Å². The molecule has 0 radical (unpaired) electrons. The largest absolute Gasteiger partial charge is 0.478 e. The Morgan fingerprint density at radius 2 is 0.910 bits per heavy atom. The Morgan fingerprint density at radius 1 is 0.462 bits per heavy atom. The molecule has 16 nitrogen and oxygen atoms in total. The summed E-state index contributed by atoms with van der Waals surface area (Å²) in [6, 6.07) is 0. The van der Waals surface area contributed by atoms with Crippen molar-refractivity contribution in [2.24, 2.45) is 23.5 Å². The Balaban J connectivity index is 4.49. The van der Waals surface area contributed by atoms with Crippen molar-refractivity contribution in [1.82, 2.24) is 0 Å². The summed E-state index contributed by atoms with van der Waals surface area (Å²) < 4.78 is 0. The van der Waals surface area contributed by atoms with Crippen molar-refractivity contribution in [2.45, 2.75) is 191 Å². The second kappa shape index (κ2) is 46.0. The zero-order chi connectivity index (χ0) is 58.7. The smallest absolute Gasteiger partial charge is 0.331 e. The number of carboxylic acids is 1. The third-order valence-corrected chi connectivity index (χ3v) is 12.6. The van der Waals surface area contributed by atoms with Gasteiger partial charge in [0.1, 0.15) is 5.78 Å². The molecule has 0 aromatic carbocycles. The van der Waals surface area contributed by atoms with Crippen molar-refractivity contribution in [3.8, 4) is 0 Å². The molecule has 0 bridgehead atoms. The molecular formula is C62H97NO15. The van der Waals surface area contributed by atoms with E-state index in [9.17, 15) is 70.9 Å². The van der Waals surface area contributed by atoms with Gasteiger partial charge in [0, 0.05) is 49.0 Å². The predicted octanol–water partition coefficient (Wildman–Crippen LogP) is 5.92. The normalized spacial score (nSPS) is 19.5. The minimum absolute atomic E-state index is 0.0233. The molecule has 0 aromatic rings. The number of aliphatic carboxylic acids is 1. The van der Waals surface area contributed by atoms with Crippen LogP contribution in [0.1, 0.15) is 118 Å². The number of hydrogen-bond acceptors (Lipinski definition) is 15. The van der Waals surface area contributed by atoms with Crippen LogP contribution < -0.4 is 5.73 Å². The zero-order valence-corrected chi connectivity index (χ0v) is 46.4. The van der Waals surface area contributed by atoms with Gasteiger partial charge in [-0.2, -0.15) is 0 Å². The van der Waals surface area contributed by atoms with Gasteiger partial charge in [-0.1, -0.05) is 173 Å². The number of carboxylic acid groups (broad SMARTS) is 1. The second-order valence-electron chi connectivity index (χ2n) is 20.0. The van der Waals surface area contributed by atoms with Gasteiger partial charge in [-0.15, -0.1) is 0 Å². The molecule has 0 heterocycles. The average molecular weight is 1100 g/mol. The van der Waals surface area contributed by atoms with Crippen LogP contribution in [-0.2, 0) is 9.59 Å². The molecule has 0 aliphatic heterocycles. The fraction of sp³-hybridized carbons (Fsp3) is 0.548. The minimum atomic E-state index is -1.17. The van der Waals surface area contributed by atoms with E-state index < -0.39 is 85.1 Å². The number of aliphatic hydroxyl groups excluding tert-OH is 12. The van der Waals surface area contributed by atoms with Gasteiger partial charge in [-0.05, 0) is 77.7 Å². The number of allylic oxidation sites excluding steroid dienone is 16. The summed E-state index contributed by atoms with van der Waals surface area (Å²) in [6.45, 7) is 7.27. The molecule has 0 spiro atoms. The van der Waals surface area contributed by atoms with E-state index in [-0.39, 0.29) is 87.4 Å². The van der Waals surface area contributed by atoms with E-state index in [0.717, 1.165) is 12.8 Å². The molecule has 16 heteroatoms. The highest BCUT2D eigenvalue weighted by atomic mass is 16.4. The molecule has 15 atom stereocenters. The number of rotatable bonds is 44. The summed E-state index contributed by atoms with van der Waals surface area (Å²) in [5, 5.41) is 133. The summed E-state index contributed by atoms with van der Waals surface area (Å²) in [5.41, 5.74) is 5.69. The average Bonchev–Trinajstić information content (AvgIpc) is 3.37. The Labute approximate surface area is 464 Å². The molecule has 0 saturated carbocycles. The van der Waals surface area contributed by atoms with Crippen LogP contribution in [0, 0.1) is 17.8 Å². The van der Waals surface area contributed by atoms with E-state index in [2.05, 4.69) is 0 Å². The lowest BCUT2D eigenvalue weighted by atomic mass is 9.88. The van der Waals surface area contributed by atoms with Gasteiger partial charge < -0.3 is 72.1 Å². The van der Waals surface area contributed by atoms with Crippen LogP contribution in [0.5, 0.6) is 0 Å². The van der Waals surface area contributed by atoms with E-state index in [1.165, 1.54) is 43.4 Å². The van der Waals surface area contributed by atoms with E-state index in [0.29, 0.717) is 19.4 Å². The Kier molecular flexibility index (Phi) is 43.2. The minimum Gasteiger partial charge on any atom is -0.478 e. The lowest BCUT2D eigenvalue weighted by Crippen LogP contribution is -2.32. The first-order valence-electron chi connectivity index (χ1n) is 27.4. The van der Waals surface area contributed by atoms with Crippen molar-refractivity contribution in [2.75, 3.05) is 6.54 Å². The standard InChI is InChI=1S/C62H97NO15/c1-45(27-19-15-11-10-12-16-20-28-46(2)62(77)78)61(76)48(4)59(74)37-22-18-14-9-7-5-6-8-13-17-21-36-58(73)47(3)60(75)44-57(72)43-54(69)34-25-33-53(68)42-56(71)41-52(67)32-24-31-50(65)39-49(64)29-23-30-51(66)40-55(70)35-26-38-63/h5-10,12-14,16-25,27-29,32,34,37,45,47-59,61,64-74,76H,11,15,26,30-31,33,35-36,38-44,63H2,1-4H3,(H,77,78). The highest BCUT2D eigenvalue weighted by Crippen LogP contribution is 2.20. The van der Waals surface area contributed by atoms with Crippen LogP contribution >= 0.6 is 0 Å². The molecule has 78 heavy (non-hydrogen) atoms. The number of ketones is 1. The van der Waals surface area contributed by atoms with Gasteiger partial charge in [0.05, 0.1) is 73.2 Å². The van der Waals surface area contributed by atoms with Crippen LogP contribution in [0.15, 0.2) is 157 Å². The molecule has 15 N–H and O–H groups in total. The number of aliphatic hydroxyl groups is 12. The number of Topliss-reactive ketones (excluding diaryl/α,β-unsaturated/α-hetero) is 1. The summed E-state index contributed by atoms with van der Waals surface area (Å²) >= 11 is 0. The fourth-order valence-corrected chi connectivity index (χ4v) is 7.63. The van der Waals surface area contributed by atoms with Crippen LogP contribution in [-0.4, -0.2) is 158 Å². The molecule has 0 saturated heterocycles. The molecule has 0 aromatic heterocycles. The first-order valence-corrected chi connectivity index (χ1v) is 27.4. The molecule has 0 amide bonds. The van der Waals surface area contributed by atoms with E-state index >= 15 is 0 Å². The van der Waals surface area contributed by atoms with E-state index in [1.54, 1.807) is 80.7 Å². The Bertz CT molecular complexity index is 2000. The maximum Gasteiger partial charge on any atom is 0.331 e. The van der Waals surface area contributed by atoms with Crippen molar-refractivity contribution >= 4 is 11.8 Å². The third-order valence-electron chi connectivity index (χ3n) is 12.6. The van der Waals surface area contributed by atoms with Gasteiger partial charge >= 0.3 is 5.97 Å². The molecular weight excluding hydrogens is 999 g/mol. The molecule has 0 rings (SSSR count). The maximum atomic E-state index is 12.8. The number of hydrogen-bond donors (Lipinski definition) is 14. The van der Waals surface area contributed by atoms with Gasteiger partial charge in [-0.25, -0.2) is 4.79 Å². The molecule has 0 aliphatic rings. The Morgan fingerprint density at radius 3 is 1.45 bits per heavy atom. The summed E-state index contributed by atoms with van der Waals surface area (Å²) in [4.78, 5) is 23.5. The number of carbonyl (C=O) groups is 2. The summed E-state index contributed by atoms with van der Waals surface area (Å²) in [6.07, 6.45) is 34.8. The topological polar surface area (TPSA) is 323 Å². The van der Waals surface area contributed by atoms with Crippen molar-refractivity contribution in [3.63, 3.8) is 0 Å². The maximum absolute atomic E-state index is 12.8. The van der Waals surface area contributed by atoms with Gasteiger partial charge in [0.25, 0.3) is 0 Å². The van der Waals surface area contributed by atoms with Crippen molar-refractivity contribution < 1.29 is 76.0 Å². The third kappa shape index (κ3) is 40.4. The monoisotopic (exact) mass is 1100 g/mol. The van der Waals surface area contributed by atoms with E-state index in [1.807, 2.05) is 55.5 Å². The summed E-state index contributed by atoms with van der Waals surface area (Å²) in [7, 11) is 0. The van der Waals surface area contributed by atoms with Gasteiger partial charge in [-0.3, -0.25) is 4.79 Å². The van der Waals surface area contributed by atoms with Crippen molar-refractivity contribution in [1.29, 1.82) is 0 Å². The zero-order valence-electron chi connectivity index (χ0n) is 46.4. The van der Waals surface area contributed by atoms with Crippen LogP contribution in [0.3, 0.4) is 0 Å². The van der Waals surface area contributed by atoms with Crippen LogP contribution in [0.4, 0.5) is 0 Å². The Hall–Kier alpha value is -4.76. The molecule has 0 fully saturated rings. The second-order valence-corrected chi connectivity index (χ2v) is 20.0. The number of carbonyl (C=O) groups excluding carboxylic acids is 1. The SMILES string of the molecule is CC(=CC=CC=CCCC=CC(C)C(O)C(C)C(O)C=CC=CC=CC=CC=CC=CCC(O)C(C)C(=O)CC(O)CC(O)C=CCC(O)CC(O)CC(O)C=CCC(O)CC(O)C=CCC(O)CC(O)CCCN)C(=O)O. The van der Waals surface area contributed by atoms with Crippen LogP contribution in [0.25, 0.3) is 0 Å². The molecule has 0 aliphatic carbocycles. The van der Waals surface area contributed by atoms with E-state index in [4.69, 9.17) is 10.8 Å². The predicted molar refractivity (Wildman–Crippen MR) is 309 cm³/mol. The first kappa shape index (κ1) is 73.2. The lowest BCUT2D eigenvalue weighted by Gasteiger charge is -2.25. The first-order chi connectivity index (χ1) is 37.1. The highest BCUT2D eigenvalue weighted by Gasteiger charge is 2.25. The lowest BCUT2D eigenvalue weighted by molar-refractivity contribution is -0.132. The van der Waals surface area contributed by atoms with Gasteiger partial charge in [0.15, 0.2) is 0 Å². The summed E-state index contributed by atoms with van der Waals surface area (Å²) in [5.74, 6) is -2.60. The molecule has 15 unspecified atom stereocenters. The quantitative estimate of drug-likeness (QED) is 0.0146. The molecule has 440 valence electrons. The number of unbranched alkanes of at least 4 members (excludes halogenated alkanes) is 1. The number of nitrogens with two attached hydrogens (primary N) is 1. The fourth-order valence-electron chi connectivity index (χ4n) is 7.63.